The van der Waals surface area contributed by atoms with Gasteiger partial charge < -0.3 is 19.3 Å². The van der Waals surface area contributed by atoms with Gasteiger partial charge in [-0.3, -0.25) is 4.79 Å². The molecule has 35 heavy (non-hydrogen) atoms. The van der Waals surface area contributed by atoms with E-state index in [0.717, 1.165) is 54.4 Å². The van der Waals surface area contributed by atoms with Crippen molar-refractivity contribution in [3.8, 4) is 11.5 Å². The van der Waals surface area contributed by atoms with Crippen LogP contribution in [0, 0.1) is 0 Å². The summed E-state index contributed by atoms with van der Waals surface area (Å²) in [5, 5.41) is 0. The maximum atomic E-state index is 12.2. The van der Waals surface area contributed by atoms with E-state index in [1.807, 2.05) is 36.4 Å². The summed E-state index contributed by atoms with van der Waals surface area (Å²) in [7, 11) is 3.80. The summed E-state index contributed by atoms with van der Waals surface area (Å²) in [4.78, 5) is 22.0. The quantitative estimate of drug-likeness (QED) is 0.494. The molecule has 6 nitrogen and oxygen atoms in total. The van der Waals surface area contributed by atoms with E-state index in [1.54, 1.807) is 14.0 Å². The molecule has 178 valence electrons. The number of methoxy groups -OCH3 is 1. The van der Waals surface area contributed by atoms with E-state index in [0.29, 0.717) is 5.56 Å². The van der Waals surface area contributed by atoms with Crippen molar-refractivity contribution in [2.75, 3.05) is 30.5 Å². The second kappa shape index (κ2) is 8.45. The molecule has 0 fully saturated rings. The summed E-state index contributed by atoms with van der Waals surface area (Å²) in [6.07, 6.45) is 2.59. The number of benzene rings is 3. The Hall–Kier alpha value is -3.80. The highest BCUT2D eigenvalue weighted by Gasteiger charge is 2.41. The third-order valence-electron chi connectivity index (χ3n) is 7.36. The van der Waals surface area contributed by atoms with Crippen LogP contribution < -0.4 is 19.3 Å². The molecule has 6 heteroatoms. The van der Waals surface area contributed by atoms with Gasteiger partial charge in [-0.15, -0.1) is 0 Å². The Balaban J connectivity index is 1.48. The van der Waals surface area contributed by atoms with E-state index in [9.17, 15) is 4.79 Å². The Morgan fingerprint density at radius 1 is 1.06 bits per heavy atom. The van der Waals surface area contributed by atoms with Crippen molar-refractivity contribution in [2.24, 2.45) is 4.99 Å². The van der Waals surface area contributed by atoms with E-state index < -0.39 is 0 Å². The zero-order chi connectivity index (χ0) is 24.1. The number of carbonyl (C=O) groups is 1. The SMILES string of the molecule is COc1ccc2c(c1)N(C1C(C3Cc4ccccc4O3)=Nc3ccc(C(C)=O)cc3N1C)CCC2. The molecule has 0 aromatic heterocycles. The van der Waals surface area contributed by atoms with Crippen LogP contribution >= 0.6 is 0 Å². The first-order valence-electron chi connectivity index (χ1n) is 12.2. The Kier molecular flexibility index (Phi) is 5.24. The van der Waals surface area contributed by atoms with Crippen molar-refractivity contribution in [3.63, 3.8) is 0 Å². The summed E-state index contributed by atoms with van der Waals surface area (Å²) < 4.78 is 12.0. The number of carbonyl (C=O) groups excluding carboxylic acids is 1. The molecule has 2 unspecified atom stereocenters. The number of ketones is 1. The summed E-state index contributed by atoms with van der Waals surface area (Å²) >= 11 is 0. The average Bonchev–Trinajstić information content (AvgIpc) is 3.32. The van der Waals surface area contributed by atoms with Crippen LogP contribution in [0.3, 0.4) is 0 Å². The van der Waals surface area contributed by atoms with Crippen molar-refractivity contribution < 1.29 is 14.3 Å². The molecule has 0 radical (unpaired) electrons. The molecule has 3 aliphatic rings. The highest BCUT2D eigenvalue weighted by atomic mass is 16.5. The first-order valence-corrected chi connectivity index (χ1v) is 12.2. The summed E-state index contributed by atoms with van der Waals surface area (Å²) in [6.45, 7) is 2.50. The molecule has 3 aromatic carbocycles. The molecule has 0 aliphatic carbocycles. The fraction of sp³-hybridized carbons (Fsp3) is 0.310. The van der Waals surface area contributed by atoms with E-state index in [-0.39, 0.29) is 18.1 Å². The number of para-hydroxylation sites is 1. The second-order valence-electron chi connectivity index (χ2n) is 9.49. The molecule has 0 bridgehead atoms. The Labute approximate surface area is 205 Å². The predicted octanol–water partition coefficient (Wildman–Crippen LogP) is 5.20. The lowest BCUT2D eigenvalue weighted by molar-refractivity contribution is 0.101. The standard InChI is InChI=1S/C29H29N3O3/c1-18(33)20-11-13-23-25(15-20)31(2)29(28(30-23)27-16-21-7-4-5-9-26(21)35-27)32-14-6-8-19-10-12-22(34-3)17-24(19)32/h4-5,7,9-13,15,17,27,29H,6,8,14,16H2,1-3H3. The molecule has 0 amide bonds. The lowest BCUT2D eigenvalue weighted by atomic mass is 9.96. The van der Waals surface area contributed by atoms with Gasteiger partial charge in [-0.25, -0.2) is 4.99 Å². The number of hydrogen-bond donors (Lipinski definition) is 0. The number of fused-ring (bicyclic) bond motifs is 3. The Morgan fingerprint density at radius 3 is 2.71 bits per heavy atom. The molecule has 2 atom stereocenters. The molecule has 3 aromatic rings. The van der Waals surface area contributed by atoms with Crippen molar-refractivity contribution in [1.82, 2.24) is 0 Å². The number of hydrogen-bond acceptors (Lipinski definition) is 6. The van der Waals surface area contributed by atoms with Crippen LogP contribution in [0.25, 0.3) is 0 Å². The smallest absolute Gasteiger partial charge is 0.159 e. The lowest BCUT2D eigenvalue weighted by Crippen LogP contribution is -2.58. The van der Waals surface area contributed by atoms with Gasteiger partial charge in [0.25, 0.3) is 0 Å². The van der Waals surface area contributed by atoms with Crippen LogP contribution in [0.2, 0.25) is 0 Å². The van der Waals surface area contributed by atoms with Gasteiger partial charge in [-0.2, -0.15) is 0 Å². The van der Waals surface area contributed by atoms with Crippen LogP contribution in [0.1, 0.15) is 34.8 Å². The van der Waals surface area contributed by atoms with E-state index in [4.69, 9.17) is 14.5 Å². The molecular weight excluding hydrogens is 438 g/mol. The van der Waals surface area contributed by atoms with Gasteiger partial charge >= 0.3 is 0 Å². The number of anilines is 2. The number of nitrogens with zero attached hydrogens (tertiary/aromatic N) is 3. The van der Waals surface area contributed by atoms with E-state index >= 15 is 0 Å². The third-order valence-corrected chi connectivity index (χ3v) is 7.36. The fourth-order valence-electron chi connectivity index (χ4n) is 5.56. The highest BCUT2D eigenvalue weighted by Crippen LogP contribution is 2.42. The maximum absolute atomic E-state index is 12.2. The summed E-state index contributed by atoms with van der Waals surface area (Å²) in [5.41, 5.74) is 7.19. The van der Waals surface area contributed by atoms with Gasteiger partial charge in [0.15, 0.2) is 5.78 Å². The van der Waals surface area contributed by atoms with Crippen molar-refractivity contribution in [3.05, 3.63) is 77.4 Å². The molecule has 3 aliphatic heterocycles. The third kappa shape index (κ3) is 3.64. The summed E-state index contributed by atoms with van der Waals surface area (Å²) in [5.74, 6) is 1.83. The number of ether oxygens (including phenoxy) is 2. The van der Waals surface area contributed by atoms with Gasteiger partial charge in [-0.05, 0) is 61.2 Å². The van der Waals surface area contributed by atoms with Crippen LogP contribution in [-0.2, 0) is 12.8 Å². The van der Waals surface area contributed by atoms with Gasteiger partial charge in [0.2, 0.25) is 0 Å². The topological polar surface area (TPSA) is 54.4 Å². The van der Waals surface area contributed by atoms with Gasteiger partial charge in [-0.1, -0.05) is 24.3 Å². The predicted molar refractivity (Wildman–Crippen MR) is 139 cm³/mol. The average molecular weight is 468 g/mol. The van der Waals surface area contributed by atoms with Crippen LogP contribution in [0.5, 0.6) is 11.5 Å². The summed E-state index contributed by atoms with van der Waals surface area (Å²) in [6, 6.07) is 20.4. The molecule has 0 N–H and O–H groups in total. The minimum Gasteiger partial charge on any atom is -0.497 e. The molecular formula is C29H29N3O3. The van der Waals surface area contributed by atoms with Crippen LogP contribution in [0.4, 0.5) is 17.1 Å². The van der Waals surface area contributed by atoms with Crippen molar-refractivity contribution >= 4 is 28.6 Å². The van der Waals surface area contributed by atoms with Gasteiger partial charge in [0.05, 0.1) is 18.5 Å². The lowest BCUT2D eigenvalue weighted by Gasteiger charge is -2.46. The number of Topliss-reactive ketones (excluding diaryl/α,β-unsaturated/α-hetero) is 1. The van der Waals surface area contributed by atoms with Crippen LogP contribution in [-0.4, -0.2) is 44.5 Å². The molecule has 0 spiro atoms. The van der Waals surface area contributed by atoms with E-state index in [1.165, 1.54) is 16.8 Å². The maximum Gasteiger partial charge on any atom is 0.159 e. The monoisotopic (exact) mass is 467 g/mol. The molecule has 6 rings (SSSR count). The van der Waals surface area contributed by atoms with Gasteiger partial charge in [0, 0.05) is 37.3 Å². The fourth-order valence-corrected chi connectivity index (χ4v) is 5.56. The van der Waals surface area contributed by atoms with Crippen molar-refractivity contribution in [1.29, 1.82) is 0 Å². The Bertz CT molecular complexity index is 1320. The second-order valence-corrected chi connectivity index (χ2v) is 9.49. The first kappa shape index (κ1) is 21.7. The molecule has 0 saturated carbocycles. The number of aryl methyl sites for hydroxylation is 1. The highest BCUT2D eigenvalue weighted by molar-refractivity contribution is 6.05. The Morgan fingerprint density at radius 2 is 1.91 bits per heavy atom. The first-order chi connectivity index (χ1) is 17.0. The number of rotatable bonds is 4. The number of aliphatic imine (C=N–C) groups is 1. The van der Waals surface area contributed by atoms with Crippen molar-refractivity contribution in [2.45, 2.75) is 38.5 Å². The molecule has 3 heterocycles. The minimum absolute atomic E-state index is 0.0511. The zero-order valence-corrected chi connectivity index (χ0v) is 20.3. The largest absolute Gasteiger partial charge is 0.497 e. The van der Waals surface area contributed by atoms with Crippen LogP contribution in [0.15, 0.2) is 65.7 Å². The normalized spacial score (nSPS) is 20.4. The molecule has 0 saturated heterocycles. The van der Waals surface area contributed by atoms with E-state index in [2.05, 4.69) is 41.1 Å². The van der Waals surface area contributed by atoms with Gasteiger partial charge in [0.1, 0.15) is 29.5 Å². The zero-order valence-electron chi connectivity index (χ0n) is 20.3. The minimum atomic E-state index is -0.156.